The van der Waals surface area contributed by atoms with Gasteiger partial charge in [-0.3, -0.25) is 0 Å². The molecule has 1 unspecified atom stereocenters. The van der Waals surface area contributed by atoms with Crippen LogP contribution >= 0.6 is 27.5 Å². The third kappa shape index (κ3) is 3.48. The predicted octanol–water partition coefficient (Wildman–Crippen LogP) is 3.25. The molecule has 0 bridgehead atoms. The summed E-state index contributed by atoms with van der Waals surface area (Å²) in [5.74, 6) is 0.599. The van der Waals surface area contributed by atoms with Crippen LogP contribution in [-0.2, 0) is 0 Å². The summed E-state index contributed by atoms with van der Waals surface area (Å²) in [4.78, 5) is 0. The average Bonchev–Trinajstić information content (AvgIpc) is 2.16. The molecule has 0 fully saturated rings. The summed E-state index contributed by atoms with van der Waals surface area (Å²) in [5, 5.41) is 9.83. The van der Waals surface area contributed by atoms with E-state index < -0.39 is 6.10 Å². The number of aliphatic hydroxyl groups is 1. The smallest absolute Gasteiger partial charge is 0.138 e. The molecule has 0 radical (unpaired) electrons. The molecule has 1 N–H and O–H groups in total. The lowest BCUT2D eigenvalue weighted by Crippen LogP contribution is -2.16. The molecule has 78 valence electrons. The van der Waals surface area contributed by atoms with E-state index in [1.807, 2.05) is 13.0 Å². The fourth-order valence-corrected chi connectivity index (χ4v) is 1.62. The fraction of sp³-hybridized carbons (Fsp3) is 0.400. The van der Waals surface area contributed by atoms with Crippen LogP contribution in [0, 0.1) is 0 Å². The lowest BCUT2D eigenvalue weighted by atomic mass is 10.3. The Hall–Kier alpha value is -0.250. The Balaban J connectivity index is 2.59. The number of benzene rings is 1. The Morgan fingerprint density at radius 1 is 1.57 bits per heavy atom. The second-order valence-electron chi connectivity index (χ2n) is 2.95. The molecule has 0 aliphatic heterocycles. The molecule has 2 nitrogen and oxygen atoms in total. The number of aliphatic hydroxyl groups excluding tert-OH is 1. The molecule has 1 atom stereocenters. The van der Waals surface area contributed by atoms with Crippen LogP contribution in [0.4, 0.5) is 0 Å². The largest absolute Gasteiger partial charge is 0.489 e. The topological polar surface area (TPSA) is 29.5 Å². The molecule has 4 heteroatoms. The van der Waals surface area contributed by atoms with Gasteiger partial charge in [-0.05, 0) is 24.6 Å². The van der Waals surface area contributed by atoms with Crippen LogP contribution in [0.2, 0.25) is 5.02 Å². The van der Waals surface area contributed by atoms with Gasteiger partial charge in [-0.15, -0.1) is 0 Å². The van der Waals surface area contributed by atoms with E-state index in [1.54, 1.807) is 12.1 Å². The molecular formula is C10H12BrClO2. The second kappa shape index (κ2) is 5.59. The van der Waals surface area contributed by atoms with Crippen LogP contribution in [0.15, 0.2) is 22.7 Å². The van der Waals surface area contributed by atoms with Gasteiger partial charge in [-0.25, -0.2) is 0 Å². The van der Waals surface area contributed by atoms with Gasteiger partial charge < -0.3 is 9.84 Å². The minimum atomic E-state index is -0.435. The molecule has 0 amide bonds. The van der Waals surface area contributed by atoms with Crippen molar-refractivity contribution >= 4 is 27.5 Å². The van der Waals surface area contributed by atoms with Gasteiger partial charge in [0.15, 0.2) is 0 Å². The monoisotopic (exact) mass is 278 g/mol. The number of ether oxygens (including phenoxy) is 1. The molecule has 14 heavy (non-hydrogen) atoms. The highest BCUT2D eigenvalue weighted by Crippen LogP contribution is 2.27. The Kier molecular flexibility index (Phi) is 4.72. The van der Waals surface area contributed by atoms with Crippen LogP contribution in [0.5, 0.6) is 5.75 Å². The van der Waals surface area contributed by atoms with Crippen LogP contribution in [-0.4, -0.2) is 17.8 Å². The van der Waals surface area contributed by atoms with Crippen molar-refractivity contribution in [2.24, 2.45) is 0 Å². The number of hydrogen-bond acceptors (Lipinski definition) is 2. The molecule has 1 aromatic rings. The van der Waals surface area contributed by atoms with Crippen molar-refractivity contribution in [3.8, 4) is 5.75 Å². The normalized spacial score (nSPS) is 12.6. The minimum Gasteiger partial charge on any atom is -0.489 e. The van der Waals surface area contributed by atoms with Gasteiger partial charge in [-0.1, -0.05) is 34.5 Å². The van der Waals surface area contributed by atoms with Gasteiger partial charge >= 0.3 is 0 Å². The lowest BCUT2D eigenvalue weighted by molar-refractivity contribution is 0.104. The highest BCUT2D eigenvalue weighted by Gasteiger charge is 2.05. The molecule has 0 saturated carbocycles. The maximum atomic E-state index is 9.29. The van der Waals surface area contributed by atoms with Gasteiger partial charge in [0.25, 0.3) is 0 Å². The van der Waals surface area contributed by atoms with Crippen molar-refractivity contribution in [3.05, 3.63) is 27.7 Å². The van der Waals surface area contributed by atoms with E-state index in [-0.39, 0.29) is 6.61 Å². The Bertz CT molecular complexity index is 304. The summed E-state index contributed by atoms with van der Waals surface area (Å²) >= 11 is 9.22. The molecule has 0 aliphatic carbocycles. The predicted molar refractivity (Wildman–Crippen MR) is 60.9 cm³/mol. The molecule has 0 aromatic heterocycles. The number of hydrogen-bond donors (Lipinski definition) is 1. The van der Waals surface area contributed by atoms with Gasteiger partial charge in [0.2, 0.25) is 0 Å². The van der Waals surface area contributed by atoms with Crippen molar-refractivity contribution in [2.75, 3.05) is 6.61 Å². The first-order valence-corrected chi connectivity index (χ1v) is 5.56. The van der Waals surface area contributed by atoms with E-state index in [9.17, 15) is 5.11 Å². The van der Waals surface area contributed by atoms with Gasteiger partial charge in [-0.2, -0.15) is 0 Å². The standard InChI is InChI=1S/C10H12BrClO2/c1-2-8(13)6-14-10-4-3-7(11)5-9(10)12/h3-5,8,13H,2,6H2,1H3. The quantitative estimate of drug-likeness (QED) is 0.917. The Morgan fingerprint density at radius 2 is 2.29 bits per heavy atom. The summed E-state index contributed by atoms with van der Waals surface area (Å²) in [7, 11) is 0. The molecule has 0 spiro atoms. The third-order valence-corrected chi connectivity index (χ3v) is 2.59. The summed E-state index contributed by atoms with van der Waals surface area (Å²) in [6.07, 6.45) is 0.239. The number of rotatable bonds is 4. The van der Waals surface area contributed by atoms with E-state index in [0.717, 1.165) is 4.47 Å². The average molecular weight is 280 g/mol. The van der Waals surface area contributed by atoms with Crippen LogP contribution < -0.4 is 4.74 Å². The van der Waals surface area contributed by atoms with Crippen molar-refractivity contribution in [2.45, 2.75) is 19.4 Å². The van der Waals surface area contributed by atoms with E-state index in [4.69, 9.17) is 16.3 Å². The fourth-order valence-electron chi connectivity index (χ4n) is 0.896. The van der Waals surface area contributed by atoms with Gasteiger partial charge in [0, 0.05) is 4.47 Å². The first-order chi connectivity index (χ1) is 6.63. The maximum absolute atomic E-state index is 9.29. The molecule has 0 heterocycles. The van der Waals surface area contributed by atoms with E-state index >= 15 is 0 Å². The zero-order valence-corrected chi connectivity index (χ0v) is 10.2. The summed E-state index contributed by atoms with van der Waals surface area (Å²) in [6.45, 7) is 2.18. The number of halogens is 2. The third-order valence-electron chi connectivity index (χ3n) is 1.80. The van der Waals surface area contributed by atoms with Crippen LogP contribution in [0.3, 0.4) is 0 Å². The van der Waals surface area contributed by atoms with Crippen LogP contribution in [0.25, 0.3) is 0 Å². The molecular weight excluding hydrogens is 267 g/mol. The first kappa shape index (κ1) is 11.8. The van der Waals surface area contributed by atoms with Crippen molar-refractivity contribution < 1.29 is 9.84 Å². The molecule has 0 aliphatic rings. The minimum absolute atomic E-state index is 0.276. The Labute approximate surface area is 97.0 Å². The van der Waals surface area contributed by atoms with E-state index in [2.05, 4.69) is 15.9 Å². The first-order valence-electron chi connectivity index (χ1n) is 4.39. The lowest BCUT2D eigenvalue weighted by Gasteiger charge is -2.11. The summed E-state index contributed by atoms with van der Waals surface area (Å²) < 4.78 is 6.25. The maximum Gasteiger partial charge on any atom is 0.138 e. The summed E-state index contributed by atoms with van der Waals surface area (Å²) in [6, 6.07) is 5.38. The van der Waals surface area contributed by atoms with Gasteiger partial charge in [0.05, 0.1) is 11.1 Å². The van der Waals surface area contributed by atoms with E-state index in [0.29, 0.717) is 17.2 Å². The highest BCUT2D eigenvalue weighted by molar-refractivity contribution is 9.10. The molecule has 0 saturated heterocycles. The zero-order valence-electron chi connectivity index (χ0n) is 7.84. The van der Waals surface area contributed by atoms with Crippen molar-refractivity contribution in [1.29, 1.82) is 0 Å². The van der Waals surface area contributed by atoms with E-state index in [1.165, 1.54) is 0 Å². The van der Waals surface area contributed by atoms with Gasteiger partial charge in [0.1, 0.15) is 12.4 Å². The highest BCUT2D eigenvalue weighted by atomic mass is 79.9. The van der Waals surface area contributed by atoms with Crippen molar-refractivity contribution in [1.82, 2.24) is 0 Å². The van der Waals surface area contributed by atoms with Crippen LogP contribution in [0.1, 0.15) is 13.3 Å². The summed E-state index contributed by atoms with van der Waals surface area (Å²) in [5.41, 5.74) is 0. The molecule has 1 aromatic carbocycles. The SMILES string of the molecule is CCC(O)COc1ccc(Br)cc1Cl. The molecule has 1 rings (SSSR count). The Morgan fingerprint density at radius 3 is 2.86 bits per heavy atom. The second-order valence-corrected chi connectivity index (χ2v) is 4.27. The van der Waals surface area contributed by atoms with Crippen molar-refractivity contribution in [3.63, 3.8) is 0 Å². The zero-order chi connectivity index (χ0) is 10.6.